The van der Waals surface area contributed by atoms with E-state index in [1.165, 1.54) is 16.7 Å². The van der Waals surface area contributed by atoms with Crippen LogP contribution in [0.4, 0.5) is 4.39 Å². The lowest BCUT2D eigenvalue weighted by molar-refractivity contribution is -0.121. The Kier molecular flexibility index (Phi) is 4.11. The van der Waals surface area contributed by atoms with Crippen LogP contribution in [0.25, 0.3) is 16.8 Å². The lowest BCUT2D eigenvalue weighted by Crippen LogP contribution is -2.33. The number of benzene rings is 1. The average molecular weight is 366 g/mol. The highest BCUT2D eigenvalue weighted by molar-refractivity contribution is 5.80. The molecule has 3 aromatic heterocycles. The molecule has 0 spiro atoms. The van der Waals surface area contributed by atoms with Crippen molar-refractivity contribution in [3.63, 3.8) is 0 Å². The van der Waals surface area contributed by atoms with Gasteiger partial charge in [0.15, 0.2) is 5.65 Å². The fourth-order valence-electron chi connectivity index (χ4n) is 2.96. The normalized spacial score (nSPS) is 11.2. The van der Waals surface area contributed by atoms with Crippen LogP contribution in [0.1, 0.15) is 11.4 Å². The van der Waals surface area contributed by atoms with Gasteiger partial charge in [0.1, 0.15) is 18.2 Å². The topological polar surface area (TPSA) is 94.2 Å². The number of hydrogen-bond donors (Lipinski definition) is 1. The number of amides is 1. The predicted molar refractivity (Wildman–Crippen MR) is 95.5 cm³/mol. The summed E-state index contributed by atoms with van der Waals surface area (Å²) in [4.78, 5) is 29.5. The van der Waals surface area contributed by atoms with E-state index in [0.29, 0.717) is 22.6 Å². The number of hydrogen-bond acceptors (Lipinski definition) is 5. The quantitative estimate of drug-likeness (QED) is 0.586. The van der Waals surface area contributed by atoms with Crippen LogP contribution in [-0.4, -0.2) is 30.1 Å². The first-order valence-electron chi connectivity index (χ1n) is 8.25. The van der Waals surface area contributed by atoms with Crippen LogP contribution < -0.4 is 10.9 Å². The maximum Gasteiger partial charge on any atom is 0.297 e. The highest BCUT2D eigenvalue weighted by Gasteiger charge is 2.17. The Morgan fingerprint density at radius 1 is 1.19 bits per heavy atom. The SMILES string of the molecule is Cc1nnc2c(=O)n(CC(=O)NCc3cccc(F)c3)c3cccnc3n12. The zero-order chi connectivity index (χ0) is 19.0. The lowest BCUT2D eigenvalue weighted by Gasteiger charge is -2.11. The van der Waals surface area contributed by atoms with E-state index in [0.717, 1.165) is 0 Å². The molecular weight excluding hydrogens is 351 g/mol. The highest BCUT2D eigenvalue weighted by atomic mass is 19.1. The molecule has 1 amide bonds. The first kappa shape index (κ1) is 16.8. The molecule has 0 saturated carbocycles. The van der Waals surface area contributed by atoms with E-state index in [1.807, 2.05) is 0 Å². The van der Waals surface area contributed by atoms with Gasteiger partial charge in [-0.2, -0.15) is 0 Å². The van der Waals surface area contributed by atoms with Crippen LogP contribution >= 0.6 is 0 Å². The van der Waals surface area contributed by atoms with Gasteiger partial charge in [-0.05, 0) is 36.8 Å². The minimum Gasteiger partial charge on any atom is -0.350 e. The van der Waals surface area contributed by atoms with Gasteiger partial charge in [0.25, 0.3) is 5.56 Å². The Morgan fingerprint density at radius 2 is 2.04 bits per heavy atom. The van der Waals surface area contributed by atoms with Crippen LogP contribution in [0, 0.1) is 12.7 Å². The van der Waals surface area contributed by atoms with Crippen LogP contribution in [0.15, 0.2) is 47.4 Å². The molecule has 8 nitrogen and oxygen atoms in total. The Labute approximate surface area is 152 Å². The maximum absolute atomic E-state index is 13.2. The molecule has 27 heavy (non-hydrogen) atoms. The van der Waals surface area contributed by atoms with Crippen molar-refractivity contribution < 1.29 is 9.18 Å². The number of rotatable bonds is 4. The number of aryl methyl sites for hydroxylation is 1. The van der Waals surface area contributed by atoms with Crippen molar-refractivity contribution in [2.24, 2.45) is 0 Å². The Morgan fingerprint density at radius 3 is 2.85 bits per heavy atom. The highest BCUT2D eigenvalue weighted by Crippen LogP contribution is 2.12. The largest absolute Gasteiger partial charge is 0.350 e. The van der Waals surface area contributed by atoms with E-state index in [2.05, 4.69) is 20.5 Å². The number of nitrogens with one attached hydrogen (secondary N) is 1. The molecule has 1 N–H and O–H groups in total. The maximum atomic E-state index is 13.2. The number of pyridine rings is 1. The van der Waals surface area contributed by atoms with Gasteiger partial charge in [0.05, 0.1) is 5.52 Å². The van der Waals surface area contributed by atoms with Gasteiger partial charge < -0.3 is 5.32 Å². The Hall–Kier alpha value is -3.62. The standard InChI is InChI=1S/C18H15FN6O2/c1-11-22-23-17-18(27)24(14-6-3-7-20-16(14)25(11)17)10-15(26)21-9-12-4-2-5-13(19)8-12/h2-8H,9-10H2,1H3,(H,21,26). The average Bonchev–Trinajstić information content (AvgIpc) is 3.05. The second-order valence-corrected chi connectivity index (χ2v) is 6.05. The Bertz CT molecular complexity index is 1230. The van der Waals surface area contributed by atoms with Crippen molar-refractivity contribution in [3.05, 3.63) is 70.2 Å². The fraction of sp³-hybridized carbons (Fsp3) is 0.167. The molecule has 4 rings (SSSR count). The molecule has 0 unspecified atom stereocenters. The third kappa shape index (κ3) is 3.03. The number of carbonyl (C=O) groups is 1. The van der Waals surface area contributed by atoms with E-state index >= 15 is 0 Å². The molecule has 0 aliphatic heterocycles. The molecule has 9 heteroatoms. The molecule has 136 valence electrons. The third-order valence-electron chi connectivity index (χ3n) is 4.21. The first-order chi connectivity index (χ1) is 13.0. The van der Waals surface area contributed by atoms with Gasteiger partial charge in [-0.25, -0.2) is 9.37 Å². The smallest absolute Gasteiger partial charge is 0.297 e. The zero-order valence-corrected chi connectivity index (χ0v) is 14.4. The van der Waals surface area contributed by atoms with Crippen LogP contribution in [-0.2, 0) is 17.9 Å². The minimum absolute atomic E-state index is 0.108. The van der Waals surface area contributed by atoms with Crippen LogP contribution in [0.5, 0.6) is 0 Å². The van der Waals surface area contributed by atoms with E-state index in [-0.39, 0.29) is 30.5 Å². The molecule has 0 atom stereocenters. The molecule has 0 aliphatic carbocycles. The summed E-state index contributed by atoms with van der Waals surface area (Å²) >= 11 is 0. The van der Waals surface area contributed by atoms with Gasteiger partial charge in [0, 0.05) is 12.7 Å². The van der Waals surface area contributed by atoms with E-state index in [9.17, 15) is 14.0 Å². The molecule has 4 aromatic rings. The number of aromatic nitrogens is 5. The Balaban J connectivity index is 1.67. The van der Waals surface area contributed by atoms with Crippen molar-refractivity contribution in [3.8, 4) is 0 Å². The summed E-state index contributed by atoms with van der Waals surface area (Å²) in [6, 6.07) is 9.36. The van der Waals surface area contributed by atoms with Gasteiger partial charge in [-0.15, -0.1) is 10.2 Å². The molecule has 0 aliphatic rings. The summed E-state index contributed by atoms with van der Waals surface area (Å²) in [5.74, 6) is -0.219. The second kappa shape index (κ2) is 6.60. The molecule has 0 saturated heterocycles. The molecule has 1 aromatic carbocycles. The third-order valence-corrected chi connectivity index (χ3v) is 4.21. The van der Waals surface area contributed by atoms with Crippen molar-refractivity contribution >= 4 is 22.7 Å². The number of nitrogens with zero attached hydrogens (tertiary/aromatic N) is 5. The van der Waals surface area contributed by atoms with Gasteiger partial charge >= 0.3 is 0 Å². The number of carbonyl (C=O) groups excluding carboxylic acids is 1. The second-order valence-electron chi connectivity index (χ2n) is 6.05. The van der Waals surface area contributed by atoms with Gasteiger partial charge in [-0.1, -0.05) is 12.1 Å². The molecular formula is C18H15FN6O2. The van der Waals surface area contributed by atoms with E-state index in [4.69, 9.17) is 0 Å². The van der Waals surface area contributed by atoms with Crippen molar-refractivity contribution in [2.75, 3.05) is 0 Å². The molecule has 3 heterocycles. The van der Waals surface area contributed by atoms with Crippen LogP contribution in [0.2, 0.25) is 0 Å². The van der Waals surface area contributed by atoms with Crippen molar-refractivity contribution in [2.45, 2.75) is 20.0 Å². The summed E-state index contributed by atoms with van der Waals surface area (Å²) < 4.78 is 16.1. The van der Waals surface area contributed by atoms with E-state index < -0.39 is 5.56 Å². The monoisotopic (exact) mass is 366 g/mol. The number of halogens is 1. The minimum atomic E-state index is -0.433. The summed E-state index contributed by atoms with van der Waals surface area (Å²) in [5.41, 5.74) is 1.30. The molecule has 0 bridgehead atoms. The van der Waals surface area contributed by atoms with Crippen LogP contribution in [0.3, 0.4) is 0 Å². The van der Waals surface area contributed by atoms with Crippen molar-refractivity contribution in [1.29, 1.82) is 0 Å². The summed E-state index contributed by atoms with van der Waals surface area (Å²) in [6.07, 6.45) is 1.60. The van der Waals surface area contributed by atoms with Gasteiger partial charge in [0.2, 0.25) is 11.6 Å². The number of fused-ring (bicyclic) bond motifs is 3. The van der Waals surface area contributed by atoms with Crippen molar-refractivity contribution in [1.82, 2.24) is 29.5 Å². The van der Waals surface area contributed by atoms with E-state index in [1.54, 1.807) is 41.8 Å². The summed E-state index contributed by atoms with van der Waals surface area (Å²) in [6.45, 7) is 1.68. The molecule has 0 radical (unpaired) electrons. The summed E-state index contributed by atoms with van der Waals surface area (Å²) in [5, 5.41) is 10.5. The van der Waals surface area contributed by atoms with Gasteiger partial charge in [-0.3, -0.25) is 18.6 Å². The lowest BCUT2D eigenvalue weighted by atomic mass is 10.2. The predicted octanol–water partition coefficient (Wildman–Crippen LogP) is 1.20. The summed E-state index contributed by atoms with van der Waals surface area (Å²) in [7, 11) is 0. The molecule has 0 fully saturated rings. The zero-order valence-electron chi connectivity index (χ0n) is 14.4. The fourth-order valence-corrected chi connectivity index (χ4v) is 2.96. The first-order valence-corrected chi connectivity index (χ1v) is 8.25.